The van der Waals surface area contributed by atoms with Gasteiger partial charge in [0.15, 0.2) is 4.60 Å². The Hall–Kier alpha value is -0.0300. The van der Waals surface area contributed by atoms with Crippen molar-refractivity contribution in [2.45, 2.75) is 0 Å². The first kappa shape index (κ1) is 7.08. The topological polar surface area (TPSA) is 43.8 Å². The second-order valence-corrected chi connectivity index (χ2v) is 3.12. The van der Waals surface area contributed by atoms with Crippen LogP contribution in [0.25, 0.3) is 0 Å². The van der Waals surface area contributed by atoms with E-state index < -0.39 is 0 Å². The molecule has 5 heteroatoms. The number of nitrogens with zero attached hydrogens (tertiary/aromatic N) is 2. The molecule has 0 radical (unpaired) electrons. The zero-order valence-corrected chi connectivity index (χ0v) is 7.90. The molecule has 1 aromatic rings. The van der Waals surface area contributed by atoms with Crippen LogP contribution in [0.1, 0.15) is 0 Å². The third kappa shape index (κ3) is 1.11. The summed E-state index contributed by atoms with van der Waals surface area (Å²) < 4.78 is 3.13. The molecule has 0 unspecified atom stereocenters. The van der Waals surface area contributed by atoms with Gasteiger partial charge in [-0.05, 0) is 31.9 Å². The summed E-state index contributed by atoms with van der Waals surface area (Å²) in [6, 6.07) is 0. The van der Waals surface area contributed by atoms with Crippen molar-refractivity contribution in [3.05, 3.63) is 9.21 Å². The van der Waals surface area contributed by atoms with Crippen LogP contribution in [0, 0.1) is 0 Å². The molecule has 0 bridgehead atoms. The number of aryl methyl sites for hydroxylation is 1. The molecule has 2 N–H and O–H groups in total. The van der Waals surface area contributed by atoms with Gasteiger partial charge in [-0.2, -0.15) is 5.10 Å². The average Bonchev–Trinajstić information content (AvgIpc) is 1.98. The summed E-state index contributed by atoms with van der Waals surface area (Å²) >= 11 is 6.43. The highest BCUT2D eigenvalue weighted by Gasteiger charge is 2.05. The molecule has 9 heavy (non-hydrogen) atoms. The molecule has 0 atom stereocenters. The van der Waals surface area contributed by atoms with E-state index in [0.717, 1.165) is 4.60 Å². The molecule has 0 saturated carbocycles. The standard InChI is InChI=1S/C4H5Br2N3/c1-9-4(6)2(7)3(5)8-9/h7H2,1H3. The lowest BCUT2D eigenvalue weighted by atomic mass is 10.6. The highest BCUT2D eigenvalue weighted by Crippen LogP contribution is 2.25. The van der Waals surface area contributed by atoms with E-state index in [4.69, 9.17) is 5.73 Å². The molecule has 1 rings (SSSR count). The van der Waals surface area contributed by atoms with Crippen LogP contribution in [0.2, 0.25) is 0 Å². The molecule has 1 heterocycles. The first-order chi connectivity index (χ1) is 4.13. The van der Waals surface area contributed by atoms with Crippen molar-refractivity contribution in [2.75, 3.05) is 5.73 Å². The molecule has 0 aliphatic rings. The number of aromatic nitrogens is 2. The minimum atomic E-state index is 0.637. The number of anilines is 1. The molecule has 0 fully saturated rings. The monoisotopic (exact) mass is 253 g/mol. The van der Waals surface area contributed by atoms with E-state index in [2.05, 4.69) is 37.0 Å². The predicted octanol–water partition coefficient (Wildman–Crippen LogP) is 1.53. The van der Waals surface area contributed by atoms with Gasteiger partial charge in [-0.1, -0.05) is 0 Å². The van der Waals surface area contributed by atoms with Gasteiger partial charge in [-0.25, -0.2) is 0 Å². The minimum absolute atomic E-state index is 0.637. The van der Waals surface area contributed by atoms with E-state index >= 15 is 0 Å². The predicted molar refractivity (Wildman–Crippen MR) is 43.0 cm³/mol. The summed E-state index contributed by atoms with van der Waals surface area (Å²) in [5.74, 6) is 0. The molecule has 0 aromatic carbocycles. The number of hydrogen-bond donors (Lipinski definition) is 1. The fourth-order valence-electron chi connectivity index (χ4n) is 0.489. The molecular weight excluding hydrogens is 250 g/mol. The second-order valence-electron chi connectivity index (χ2n) is 1.62. The van der Waals surface area contributed by atoms with Crippen LogP contribution >= 0.6 is 31.9 Å². The maximum atomic E-state index is 5.53. The molecule has 0 saturated heterocycles. The molecule has 0 aliphatic carbocycles. The van der Waals surface area contributed by atoms with Gasteiger partial charge < -0.3 is 5.73 Å². The lowest BCUT2D eigenvalue weighted by molar-refractivity contribution is 0.743. The summed E-state index contributed by atoms with van der Waals surface area (Å²) in [7, 11) is 1.81. The Morgan fingerprint density at radius 3 is 2.22 bits per heavy atom. The number of rotatable bonds is 0. The van der Waals surface area contributed by atoms with E-state index in [-0.39, 0.29) is 0 Å². The molecule has 1 aromatic heterocycles. The van der Waals surface area contributed by atoms with Crippen molar-refractivity contribution in [3.8, 4) is 0 Å². The Morgan fingerprint density at radius 1 is 1.56 bits per heavy atom. The lowest BCUT2D eigenvalue weighted by Crippen LogP contribution is -1.89. The Morgan fingerprint density at radius 2 is 2.11 bits per heavy atom. The van der Waals surface area contributed by atoms with Crippen molar-refractivity contribution in [1.29, 1.82) is 0 Å². The van der Waals surface area contributed by atoms with Crippen molar-refractivity contribution in [3.63, 3.8) is 0 Å². The summed E-state index contributed by atoms with van der Waals surface area (Å²) in [5, 5.41) is 3.97. The van der Waals surface area contributed by atoms with Gasteiger partial charge in [-0.3, -0.25) is 4.68 Å². The smallest absolute Gasteiger partial charge is 0.152 e. The number of halogens is 2. The first-order valence-corrected chi connectivity index (χ1v) is 3.85. The van der Waals surface area contributed by atoms with E-state index in [9.17, 15) is 0 Å². The SMILES string of the molecule is Cn1nc(Br)c(N)c1Br. The van der Waals surface area contributed by atoms with Gasteiger partial charge in [0, 0.05) is 7.05 Å². The van der Waals surface area contributed by atoms with Crippen molar-refractivity contribution in [1.82, 2.24) is 9.78 Å². The fraction of sp³-hybridized carbons (Fsp3) is 0.250. The van der Waals surface area contributed by atoms with E-state index in [0.29, 0.717) is 10.3 Å². The van der Waals surface area contributed by atoms with Crippen LogP contribution in [-0.4, -0.2) is 9.78 Å². The van der Waals surface area contributed by atoms with Gasteiger partial charge in [-0.15, -0.1) is 0 Å². The number of nitrogen functional groups attached to an aromatic ring is 1. The van der Waals surface area contributed by atoms with E-state index in [1.54, 1.807) is 4.68 Å². The molecule has 0 aliphatic heterocycles. The highest BCUT2D eigenvalue weighted by molar-refractivity contribution is 9.11. The maximum Gasteiger partial charge on any atom is 0.152 e. The Labute approximate surface area is 69.5 Å². The van der Waals surface area contributed by atoms with Gasteiger partial charge >= 0.3 is 0 Å². The zero-order valence-electron chi connectivity index (χ0n) is 4.73. The molecule has 50 valence electrons. The van der Waals surface area contributed by atoms with Crippen LogP contribution < -0.4 is 5.73 Å². The highest BCUT2D eigenvalue weighted by atomic mass is 79.9. The fourth-order valence-corrected chi connectivity index (χ4v) is 1.45. The average molecular weight is 255 g/mol. The van der Waals surface area contributed by atoms with Crippen LogP contribution in [0.4, 0.5) is 5.69 Å². The third-order valence-electron chi connectivity index (χ3n) is 0.966. The summed E-state index contributed by atoms with van der Waals surface area (Å²) in [6.45, 7) is 0. The molecular formula is C4H5Br2N3. The Kier molecular flexibility index (Phi) is 1.81. The second kappa shape index (κ2) is 2.30. The normalized spacial score (nSPS) is 10.1. The third-order valence-corrected chi connectivity index (χ3v) is 2.49. The maximum absolute atomic E-state index is 5.53. The Balaban J connectivity index is 3.29. The van der Waals surface area contributed by atoms with Crippen LogP contribution in [0.15, 0.2) is 9.21 Å². The van der Waals surface area contributed by atoms with E-state index in [1.807, 2.05) is 7.05 Å². The summed E-state index contributed by atoms with van der Waals surface area (Å²) in [4.78, 5) is 0. The summed E-state index contributed by atoms with van der Waals surface area (Å²) in [6.07, 6.45) is 0. The van der Waals surface area contributed by atoms with Crippen LogP contribution in [0.3, 0.4) is 0 Å². The molecule has 3 nitrogen and oxygen atoms in total. The van der Waals surface area contributed by atoms with Gasteiger partial charge in [0.2, 0.25) is 0 Å². The van der Waals surface area contributed by atoms with Crippen molar-refractivity contribution < 1.29 is 0 Å². The molecule has 0 spiro atoms. The van der Waals surface area contributed by atoms with Crippen molar-refractivity contribution >= 4 is 37.5 Å². The van der Waals surface area contributed by atoms with Crippen molar-refractivity contribution in [2.24, 2.45) is 7.05 Å². The summed E-state index contributed by atoms with van der Waals surface area (Å²) in [5.41, 5.74) is 6.16. The largest absolute Gasteiger partial charge is 0.394 e. The number of hydrogen-bond acceptors (Lipinski definition) is 2. The van der Waals surface area contributed by atoms with Gasteiger partial charge in [0.25, 0.3) is 0 Å². The lowest BCUT2D eigenvalue weighted by Gasteiger charge is -1.88. The zero-order chi connectivity index (χ0) is 7.02. The van der Waals surface area contributed by atoms with Crippen LogP contribution in [-0.2, 0) is 7.05 Å². The first-order valence-electron chi connectivity index (χ1n) is 2.26. The van der Waals surface area contributed by atoms with Crippen LogP contribution in [0.5, 0.6) is 0 Å². The number of nitrogens with two attached hydrogens (primary N) is 1. The van der Waals surface area contributed by atoms with E-state index in [1.165, 1.54) is 0 Å². The molecule has 0 amide bonds. The van der Waals surface area contributed by atoms with Gasteiger partial charge in [0.1, 0.15) is 4.60 Å². The minimum Gasteiger partial charge on any atom is -0.394 e. The quantitative estimate of drug-likeness (QED) is 0.763. The van der Waals surface area contributed by atoms with Gasteiger partial charge in [0.05, 0.1) is 5.69 Å². The Bertz CT molecular complexity index is 207.